The van der Waals surface area contributed by atoms with Gasteiger partial charge in [-0.15, -0.1) is 0 Å². The number of nitrogens with one attached hydrogen (secondary N) is 1. The minimum absolute atomic E-state index is 0.144. The molecule has 0 saturated carbocycles. The highest BCUT2D eigenvalue weighted by Crippen LogP contribution is 2.30. The summed E-state index contributed by atoms with van der Waals surface area (Å²) in [6.07, 6.45) is 0. The summed E-state index contributed by atoms with van der Waals surface area (Å²) in [5.41, 5.74) is 0.656. The van der Waals surface area contributed by atoms with Crippen molar-refractivity contribution in [3.63, 3.8) is 0 Å². The Morgan fingerprint density at radius 3 is 2.54 bits per heavy atom. The Kier molecular flexibility index (Phi) is 5.41. The quantitative estimate of drug-likeness (QED) is 0.849. The highest BCUT2D eigenvalue weighted by Gasteiger charge is 2.15. The Morgan fingerprint density at radius 2 is 2.00 bits per heavy atom. The number of aromatic carboxylic acids is 1. The van der Waals surface area contributed by atoms with E-state index in [0.29, 0.717) is 22.9 Å². The van der Waals surface area contributed by atoms with Gasteiger partial charge in [-0.25, -0.2) is 9.18 Å². The number of carbonyl (C=O) groups is 2. The van der Waals surface area contributed by atoms with Crippen molar-refractivity contribution in [2.45, 2.75) is 13.8 Å². The average Bonchev–Trinajstić information content (AvgIpc) is 2.50. The number of benzene rings is 2. The van der Waals surface area contributed by atoms with Gasteiger partial charge in [0.25, 0.3) is 5.91 Å². The van der Waals surface area contributed by atoms with E-state index in [4.69, 9.17) is 21.4 Å². The van der Waals surface area contributed by atoms with E-state index >= 15 is 0 Å². The number of carboxylic acids is 1. The minimum Gasteiger partial charge on any atom is -0.492 e. The van der Waals surface area contributed by atoms with E-state index in [1.165, 1.54) is 12.1 Å². The van der Waals surface area contributed by atoms with Gasteiger partial charge in [-0.1, -0.05) is 11.6 Å². The fraction of sp³-hybridized carbons (Fsp3) is 0.176. The van der Waals surface area contributed by atoms with E-state index in [-0.39, 0.29) is 11.3 Å². The molecular weight excluding hydrogens is 337 g/mol. The molecule has 2 rings (SSSR count). The van der Waals surface area contributed by atoms with Crippen LogP contribution in [0.1, 0.15) is 33.2 Å². The molecule has 126 valence electrons. The van der Waals surface area contributed by atoms with Crippen molar-refractivity contribution in [2.75, 3.05) is 11.9 Å². The van der Waals surface area contributed by atoms with Crippen LogP contribution in [0.3, 0.4) is 0 Å². The largest absolute Gasteiger partial charge is 0.492 e. The van der Waals surface area contributed by atoms with E-state index in [1.807, 2.05) is 6.92 Å². The third kappa shape index (κ3) is 3.83. The van der Waals surface area contributed by atoms with E-state index in [2.05, 4.69) is 5.32 Å². The van der Waals surface area contributed by atoms with E-state index < -0.39 is 23.3 Å². The van der Waals surface area contributed by atoms with Crippen molar-refractivity contribution in [1.29, 1.82) is 0 Å². The number of halogens is 2. The van der Waals surface area contributed by atoms with Gasteiger partial charge >= 0.3 is 5.97 Å². The van der Waals surface area contributed by atoms with Gasteiger partial charge in [-0.2, -0.15) is 0 Å². The molecule has 0 bridgehead atoms. The second-order valence-corrected chi connectivity index (χ2v) is 5.40. The maximum atomic E-state index is 13.6. The van der Waals surface area contributed by atoms with Crippen LogP contribution in [0, 0.1) is 12.7 Å². The number of hydrogen-bond donors (Lipinski definition) is 2. The molecule has 1 amide bonds. The van der Waals surface area contributed by atoms with Crippen LogP contribution in [0.4, 0.5) is 10.1 Å². The summed E-state index contributed by atoms with van der Waals surface area (Å²) in [6.45, 7) is 4.03. The molecule has 24 heavy (non-hydrogen) atoms. The van der Waals surface area contributed by atoms with E-state index in [9.17, 15) is 14.0 Å². The summed E-state index contributed by atoms with van der Waals surface area (Å²) < 4.78 is 19.1. The predicted molar refractivity (Wildman–Crippen MR) is 88.7 cm³/mol. The summed E-state index contributed by atoms with van der Waals surface area (Å²) in [6, 6.07) is 6.41. The number of aryl methyl sites for hydroxylation is 1. The van der Waals surface area contributed by atoms with Crippen LogP contribution < -0.4 is 10.1 Å². The number of amides is 1. The normalized spacial score (nSPS) is 10.3. The maximum absolute atomic E-state index is 13.6. The van der Waals surface area contributed by atoms with Crippen LogP contribution in [0.15, 0.2) is 30.3 Å². The highest BCUT2D eigenvalue weighted by atomic mass is 35.5. The van der Waals surface area contributed by atoms with Crippen LogP contribution in [0.5, 0.6) is 5.75 Å². The van der Waals surface area contributed by atoms with Gasteiger partial charge in [-0.3, -0.25) is 4.79 Å². The third-order valence-corrected chi connectivity index (χ3v) is 3.52. The fourth-order valence-corrected chi connectivity index (χ4v) is 2.48. The van der Waals surface area contributed by atoms with Crippen LogP contribution in [0.2, 0.25) is 5.02 Å². The van der Waals surface area contributed by atoms with Gasteiger partial charge in [0.1, 0.15) is 11.6 Å². The highest BCUT2D eigenvalue weighted by molar-refractivity contribution is 6.32. The van der Waals surface area contributed by atoms with Crippen LogP contribution in [0.25, 0.3) is 0 Å². The Hall–Kier alpha value is -2.60. The topological polar surface area (TPSA) is 75.6 Å². The smallest absolute Gasteiger partial charge is 0.338 e. The molecule has 2 aromatic rings. The molecule has 0 radical (unpaired) electrons. The molecule has 0 aliphatic heterocycles. The molecular formula is C17H15ClFNO4. The molecule has 0 heterocycles. The number of hydrogen-bond acceptors (Lipinski definition) is 3. The third-order valence-electron chi connectivity index (χ3n) is 3.24. The van der Waals surface area contributed by atoms with Gasteiger partial charge in [0, 0.05) is 11.3 Å². The molecule has 0 saturated heterocycles. The van der Waals surface area contributed by atoms with Gasteiger partial charge in [0.2, 0.25) is 0 Å². The number of rotatable bonds is 5. The first-order valence-corrected chi connectivity index (χ1v) is 7.48. The van der Waals surface area contributed by atoms with Gasteiger partial charge < -0.3 is 15.2 Å². The lowest BCUT2D eigenvalue weighted by atomic mass is 10.1. The number of carboxylic acid groups (broad SMARTS) is 1. The zero-order valence-corrected chi connectivity index (χ0v) is 13.8. The van der Waals surface area contributed by atoms with Crippen molar-refractivity contribution in [3.8, 4) is 5.75 Å². The predicted octanol–water partition coefficient (Wildman–Crippen LogP) is 4.14. The summed E-state index contributed by atoms with van der Waals surface area (Å²) >= 11 is 6.11. The van der Waals surface area contributed by atoms with Crippen molar-refractivity contribution < 1.29 is 23.8 Å². The molecule has 0 aliphatic rings. The SMILES string of the molecule is CCOc1c(C)cc(C(=O)Nc2ccc(C(=O)O)c(F)c2)cc1Cl. The Bertz CT molecular complexity index is 784. The standard InChI is InChI=1S/C17H15ClFNO4/c1-3-24-15-9(2)6-10(7-13(15)18)16(21)20-11-4-5-12(17(22)23)14(19)8-11/h4-8H,3H2,1-2H3,(H,20,21)(H,22,23). The Morgan fingerprint density at radius 1 is 1.29 bits per heavy atom. The zero-order valence-electron chi connectivity index (χ0n) is 13.0. The summed E-state index contributed by atoms with van der Waals surface area (Å²) in [4.78, 5) is 23.1. The molecule has 0 aromatic heterocycles. The molecule has 0 fully saturated rings. The zero-order chi connectivity index (χ0) is 17.9. The molecule has 0 spiro atoms. The molecule has 2 N–H and O–H groups in total. The van der Waals surface area contributed by atoms with E-state index in [0.717, 1.165) is 12.1 Å². The van der Waals surface area contributed by atoms with Crippen molar-refractivity contribution >= 4 is 29.2 Å². The number of ether oxygens (including phenoxy) is 1. The van der Waals surface area contributed by atoms with Crippen molar-refractivity contribution in [1.82, 2.24) is 0 Å². The average molecular weight is 352 g/mol. The van der Waals surface area contributed by atoms with Crippen LogP contribution in [-0.4, -0.2) is 23.6 Å². The first-order valence-electron chi connectivity index (χ1n) is 7.10. The number of anilines is 1. The van der Waals surface area contributed by atoms with Crippen molar-refractivity contribution in [2.24, 2.45) is 0 Å². The molecule has 0 aliphatic carbocycles. The van der Waals surface area contributed by atoms with Crippen LogP contribution in [-0.2, 0) is 0 Å². The van der Waals surface area contributed by atoms with Gasteiger partial charge in [0.15, 0.2) is 0 Å². The summed E-state index contributed by atoms with van der Waals surface area (Å²) in [5.74, 6) is -2.29. The molecule has 2 aromatic carbocycles. The van der Waals surface area contributed by atoms with Crippen LogP contribution >= 0.6 is 11.6 Å². The lowest BCUT2D eigenvalue weighted by Crippen LogP contribution is -2.13. The molecule has 0 atom stereocenters. The molecule has 5 nitrogen and oxygen atoms in total. The lowest BCUT2D eigenvalue weighted by Gasteiger charge is -2.12. The molecule has 7 heteroatoms. The monoisotopic (exact) mass is 351 g/mol. The Labute approximate surface area is 143 Å². The first kappa shape index (κ1) is 17.7. The second-order valence-electron chi connectivity index (χ2n) is 4.99. The van der Waals surface area contributed by atoms with Crippen molar-refractivity contribution in [3.05, 3.63) is 57.9 Å². The molecule has 0 unspecified atom stereocenters. The second kappa shape index (κ2) is 7.31. The number of carbonyl (C=O) groups excluding carboxylic acids is 1. The van der Waals surface area contributed by atoms with Gasteiger partial charge in [0.05, 0.1) is 17.2 Å². The maximum Gasteiger partial charge on any atom is 0.338 e. The minimum atomic E-state index is -1.38. The first-order chi connectivity index (χ1) is 11.3. The van der Waals surface area contributed by atoms with Gasteiger partial charge in [-0.05, 0) is 49.7 Å². The lowest BCUT2D eigenvalue weighted by molar-refractivity contribution is 0.0692. The van der Waals surface area contributed by atoms with E-state index in [1.54, 1.807) is 13.0 Å². The Balaban J connectivity index is 2.24. The summed E-state index contributed by atoms with van der Waals surface area (Å²) in [5, 5.41) is 11.6. The fourth-order valence-electron chi connectivity index (χ4n) is 2.16. The summed E-state index contributed by atoms with van der Waals surface area (Å²) in [7, 11) is 0.